The van der Waals surface area contributed by atoms with Crippen LogP contribution in [0.25, 0.3) is 0 Å². The molecule has 0 aliphatic carbocycles. The maximum atomic E-state index is 13.8. The van der Waals surface area contributed by atoms with Crippen LogP contribution in [0.15, 0.2) is 89.9 Å². The first-order chi connectivity index (χ1) is 13.4. The van der Waals surface area contributed by atoms with Crippen LogP contribution in [0.1, 0.15) is 38.3 Å². The molecule has 0 N–H and O–H groups in total. The van der Waals surface area contributed by atoms with Crippen molar-refractivity contribution in [1.29, 1.82) is 0 Å². The Morgan fingerprint density at radius 2 is 1.39 bits per heavy atom. The normalized spacial score (nSPS) is 20.4. The average molecular weight is 369 g/mol. The Kier molecular flexibility index (Phi) is 4.56. The fraction of sp³-hybridized carbons (Fsp3) is 0.240. The Morgan fingerprint density at radius 1 is 0.821 bits per heavy atom. The van der Waals surface area contributed by atoms with Crippen molar-refractivity contribution in [3.63, 3.8) is 0 Å². The summed E-state index contributed by atoms with van der Waals surface area (Å²) in [6.07, 6.45) is 0.661. The van der Waals surface area contributed by atoms with E-state index in [1.165, 1.54) is 5.06 Å². The molecule has 1 radical (unpaired) electrons. The number of para-hydroxylation sites is 2. The van der Waals surface area contributed by atoms with Gasteiger partial charge in [0.15, 0.2) is 0 Å². The van der Waals surface area contributed by atoms with Gasteiger partial charge in [0.1, 0.15) is 5.54 Å². The third-order valence-electron chi connectivity index (χ3n) is 5.15. The first-order valence-corrected chi connectivity index (χ1v) is 9.68. The number of hydrogen-bond donors (Lipinski definition) is 0. The second-order valence-corrected chi connectivity index (χ2v) is 8.57. The van der Waals surface area contributed by atoms with Gasteiger partial charge in [0.2, 0.25) is 0 Å². The number of nitrogens with zero attached hydrogens (tertiary/aromatic N) is 2. The maximum absolute atomic E-state index is 13.8. The summed E-state index contributed by atoms with van der Waals surface area (Å²) in [7, 11) is 0. The van der Waals surface area contributed by atoms with Crippen molar-refractivity contribution >= 4 is 17.1 Å². The molecule has 0 aromatic heterocycles. The minimum Gasteiger partial charge on any atom is -0.250 e. The van der Waals surface area contributed by atoms with Gasteiger partial charge >= 0.3 is 0 Å². The van der Waals surface area contributed by atoms with Crippen molar-refractivity contribution in [3.8, 4) is 0 Å². The molecule has 1 atom stereocenters. The summed E-state index contributed by atoms with van der Waals surface area (Å²) in [5, 5.41) is 15.0. The molecule has 141 valence electrons. The summed E-state index contributed by atoms with van der Waals surface area (Å²) in [5.41, 5.74) is 3.32. The lowest BCUT2D eigenvalue weighted by Crippen LogP contribution is -2.48. The third-order valence-corrected chi connectivity index (χ3v) is 5.15. The lowest BCUT2D eigenvalue weighted by Gasteiger charge is -2.39. The number of fused-ring (bicyclic) bond motifs is 1. The second-order valence-electron chi connectivity index (χ2n) is 8.57. The Bertz CT molecular complexity index is 990. The quantitative estimate of drug-likeness (QED) is 0.533. The number of hydroxylamine groups is 1. The lowest BCUT2D eigenvalue weighted by molar-refractivity contribution is 0.0905. The van der Waals surface area contributed by atoms with Crippen LogP contribution in [0, 0.1) is 5.41 Å². The molecule has 3 heteroatoms. The van der Waals surface area contributed by atoms with Crippen molar-refractivity contribution in [2.75, 3.05) is 5.06 Å². The van der Waals surface area contributed by atoms with Gasteiger partial charge in [0.25, 0.3) is 0 Å². The monoisotopic (exact) mass is 369 g/mol. The second kappa shape index (κ2) is 6.92. The molecule has 0 saturated carbocycles. The maximum Gasteiger partial charge on any atom is 0.138 e. The summed E-state index contributed by atoms with van der Waals surface area (Å²) in [4.78, 5) is 5.04. The number of anilines is 1. The van der Waals surface area contributed by atoms with Crippen LogP contribution in [-0.4, -0.2) is 5.71 Å². The highest BCUT2D eigenvalue weighted by atomic mass is 16.5. The fourth-order valence-electron chi connectivity index (χ4n) is 4.15. The van der Waals surface area contributed by atoms with Crippen LogP contribution in [0.3, 0.4) is 0 Å². The Labute approximate surface area is 166 Å². The predicted molar refractivity (Wildman–Crippen MR) is 114 cm³/mol. The molecular formula is C25H25N2O. The summed E-state index contributed by atoms with van der Waals surface area (Å²) in [6, 6.07) is 27.8. The number of aliphatic imine (C=N–C) groups is 1. The standard InChI is InChI=1S/C25H25N2O/c1-24(2,3)18-25(19-12-6-4-7-13-19)23(26-20-14-8-5-9-15-20)21-16-10-11-17-22(21)27(25)28/h4-17H,18H2,1-3H3. The molecule has 3 nitrogen and oxygen atoms in total. The summed E-state index contributed by atoms with van der Waals surface area (Å²) in [5.74, 6) is 0. The van der Waals surface area contributed by atoms with E-state index in [1.54, 1.807) is 0 Å². The van der Waals surface area contributed by atoms with Gasteiger partial charge in [-0.05, 0) is 35.6 Å². The Morgan fingerprint density at radius 3 is 2.04 bits per heavy atom. The molecule has 0 bridgehead atoms. The minimum atomic E-state index is -0.862. The molecule has 3 aromatic rings. The molecular weight excluding hydrogens is 344 g/mol. The zero-order chi connectivity index (χ0) is 19.8. The summed E-state index contributed by atoms with van der Waals surface area (Å²) >= 11 is 0. The van der Waals surface area contributed by atoms with Gasteiger partial charge in [0, 0.05) is 5.56 Å². The predicted octanol–water partition coefficient (Wildman–Crippen LogP) is 6.30. The average Bonchev–Trinajstić information content (AvgIpc) is 2.92. The zero-order valence-corrected chi connectivity index (χ0v) is 16.6. The van der Waals surface area contributed by atoms with E-state index in [0.717, 1.165) is 22.5 Å². The van der Waals surface area contributed by atoms with E-state index in [9.17, 15) is 5.21 Å². The van der Waals surface area contributed by atoms with Crippen LogP contribution in [0.4, 0.5) is 11.4 Å². The molecule has 3 aromatic carbocycles. The van der Waals surface area contributed by atoms with E-state index in [2.05, 4.69) is 20.8 Å². The van der Waals surface area contributed by atoms with Gasteiger partial charge in [-0.2, -0.15) is 0 Å². The molecule has 4 rings (SSSR count). The van der Waals surface area contributed by atoms with E-state index in [0.29, 0.717) is 12.1 Å². The van der Waals surface area contributed by atoms with E-state index in [4.69, 9.17) is 4.99 Å². The topological polar surface area (TPSA) is 35.5 Å². The SMILES string of the molecule is CC(C)(C)CC1(c2ccccc2)C(=Nc2ccccc2)c2ccccc2N1[O]. The lowest BCUT2D eigenvalue weighted by atomic mass is 9.73. The van der Waals surface area contributed by atoms with Crippen LogP contribution < -0.4 is 5.06 Å². The van der Waals surface area contributed by atoms with E-state index in [-0.39, 0.29) is 5.41 Å². The Balaban J connectivity index is 2.03. The van der Waals surface area contributed by atoms with Crippen molar-refractivity contribution in [2.45, 2.75) is 32.7 Å². The van der Waals surface area contributed by atoms with E-state index in [1.807, 2.05) is 84.9 Å². The molecule has 1 heterocycles. The van der Waals surface area contributed by atoms with E-state index < -0.39 is 5.54 Å². The summed E-state index contributed by atoms with van der Waals surface area (Å²) in [6.45, 7) is 6.53. The van der Waals surface area contributed by atoms with Crippen LogP contribution in [0.2, 0.25) is 0 Å². The van der Waals surface area contributed by atoms with Crippen molar-refractivity contribution in [2.24, 2.45) is 10.4 Å². The first-order valence-electron chi connectivity index (χ1n) is 9.68. The van der Waals surface area contributed by atoms with E-state index >= 15 is 0 Å². The molecule has 1 unspecified atom stereocenters. The highest BCUT2D eigenvalue weighted by Crippen LogP contribution is 2.50. The van der Waals surface area contributed by atoms with Crippen molar-refractivity contribution in [1.82, 2.24) is 0 Å². The minimum absolute atomic E-state index is 0.0714. The van der Waals surface area contributed by atoms with Gasteiger partial charge in [-0.15, -0.1) is 0 Å². The third kappa shape index (κ3) is 3.12. The first kappa shape index (κ1) is 18.5. The number of hydrogen-bond acceptors (Lipinski definition) is 2. The van der Waals surface area contributed by atoms with Gasteiger partial charge in [-0.25, -0.2) is 10.1 Å². The van der Waals surface area contributed by atoms with Crippen LogP contribution in [-0.2, 0) is 10.7 Å². The van der Waals surface area contributed by atoms with Crippen molar-refractivity contribution in [3.05, 3.63) is 96.1 Å². The molecule has 0 fully saturated rings. The fourth-order valence-corrected chi connectivity index (χ4v) is 4.15. The molecule has 0 amide bonds. The Hall–Kier alpha value is -2.91. The largest absolute Gasteiger partial charge is 0.250 e. The van der Waals surface area contributed by atoms with Crippen LogP contribution >= 0.6 is 0 Å². The number of benzene rings is 3. The highest BCUT2D eigenvalue weighted by molar-refractivity contribution is 6.17. The van der Waals surface area contributed by atoms with Crippen molar-refractivity contribution < 1.29 is 5.21 Å². The van der Waals surface area contributed by atoms with Gasteiger partial charge in [-0.1, -0.05) is 92.7 Å². The molecule has 1 aliphatic rings. The van der Waals surface area contributed by atoms with Gasteiger partial charge in [-0.3, -0.25) is 0 Å². The summed E-state index contributed by atoms with van der Waals surface area (Å²) < 4.78 is 0. The molecule has 0 spiro atoms. The highest BCUT2D eigenvalue weighted by Gasteiger charge is 2.53. The molecule has 0 saturated heterocycles. The van der Waals surface area contributed by atoms with Gasteiger partial charge < -0.3 is 0 Å². The van der Waals surface area contributed by atoms with Crippen LogP contribution in [0.5, 0.6) is 0 Å². The van der Waals surface area contributed by atoms with Gasteiger partial charge in [0.05, 0.1) is 17.1 Å². The smallest absolute Gasteiger partial charge is 0.138 e. The molecule has 28 heavy (non-hydrogen) atoms. The zero-order valence-electron chi connectivity index (χ0n) is 16.6. The number of rotatable bonds is 3. The molecule has 1 aliphatic heterocycles.